The summed E-state index contributed by atoms with van der Waals surface area (Å²) in [7, 11) is 0. The minimum atomic E-state index is -0.00162. The van der Waals surface area contributed by atoms with E-state index < -0.39 is 0 Å². The minimum Gasteiger partial charge on any atom is -0.486 e. The van der Waals surface area contributed by atoms with Gasteiger partial charge in [-0.15, -0.1) is 0 Å². The summed E-state index contributed by atoms with van der Waals surface area (Å²) < 4.78 is 10.8. The SMILES string of the molecule is Cc1ccc2c(c1CO)OCCO2. The number of benzene rings is 1. The van der Waals surface area contributed by atoms with Gasteiger partial charge in [0.15, 0.2) is 11.5 Å². The highest BCUT2D eigenvalue weighted by Crippen LogP contribution is 2.35. The van der Waals surface area contributed by atoms with Crippen molar-refractivity contribution >= 4 is 0 Å². The third kappa shape index (κ3) is 1.35. The Hall–Kier alpha value is -1.22. The van der Waals surface area contributed by atoms with Gasteiger partial charge in [0.05, 0.1) is 6.61 Å². The molecule has 1 aliphatic rings. The van der Waals surface area contributed by atoms with Crippen molar-refractivity contribution in [1.82, 2.24) is 0 Å². The lowest BCUT2D eigenvalue weighted by Crippen LogP contribution is -2.17. The lowest BCUT2D eigenvalue weighted by Gasteiger charge is -2.21. The standard InChI is InChI=1S/C10H12O3/c1-7-2-3-9-10(8(7)6-11)13-5-4-12-9/h2-3,11H,4-6H2,1H3. The first kappa shape index (κ1) is 8.38. The molecule has 1 aromatic rings. The number of ether oxygens (including phenoxy) is 2. The van der Waals surface area contributed by atoms with Crippen LogP contribution in [0.25, 0.3) is 0 Å². The fourth-order valence-corrected chi connectivity index (χ4v) is 1.47. The monoisotopic (exact) mass is 180 g/mol. The van der Waals surface area contributed by atoms with E-state index in [1.165, 1.54) is 0 Å². The summed E-state index contributed by atoms with van der Waals surface area (Å²) in [6, 6.07) is 3.81. The van der Waals surface area contributed by atoms with E-state index in [9.17, 15) is 0 Å². The van der Waals surface area contributed by atoms with Crippen LogP contribution in [0.5, 0.6) is 11.5 Å². The van der Waals surface area contributed by atoms with Crippen LogP contribution in [0.2, 0.25) is 0 Å². The second-order valence-electron chi connectivity index (χ2n) is 3.04. The van der Waals surface area contributed by atoms with E-state index >= 15 is 0 Å². The summed E-state index contributed by atoms with van der Waals surface area (Å²) in [5.41, 5.74) is 1.86. The van der Waals surface area contributed by atoms with Crippen LogP contribution in [0.3, 0.4) is 0 Å². The number of hydrogen-bond acceptors (Lipinski definition) is 3. The first-order valence-corrected chi connectivity index (χ1v) is 4.32. The Bertz CT molecular complexity index is 320. The van der Waals surface area contributed by atoms with Gasteiger partial charge in [-0.1, -0.05) is 6.07 Å². The van der Waals surface area contributed by atoms with Gasteiger partial charge in [-0.05, 0) is 18.6 Å². The van der Waals surface area contributed by atoms with Crippen molar-refractivity contribution in [2.24, 2.45) is 0 Å². The van der Waals surface area contributed by atoms with E-state index in [-0.39, 0.29) is 6.61 Å². The smallest absolute Gasteiger partial charge is 0.167 e. The average Bonchev–Trinajstić information content (AvgIpc) is 2.18. The third-order valence-electron chi connectivity index (χ3n) is 2.20. The molecular weight excluding hydrogens is 168 g/mol. The van der Waals surface area contributed by atoms with Gasteiger partial charge in [-0.25, -0.2) is 0 Å². The molecule has 0 aromatic heterocycles. The summed E-state index contributed by atoms with van der Waals surface area (Å²) in [6.07, 6.45) is 0. The maximum Gasteiger partial charge on any atom is 0.167 e. The van der Waals surface area contributed by atoms with Crippen LogP contribution >= 0.6 is 0 Å². The molecule has 0 radical (unpaired) electrons. The molecule has 3 heteroatoms. The molecule has 0 saturated carbocycles. The van der Waals surface area contributed by atoms with Crippen molar-refractivity contribution in [2.75, 3.05) is 13.2 Å². The highest BCUT2D eigenvalue weighted by Gasteiger charge is 2.16. The maximum atomic E-state index is 9.14. The predicted octanol–water partition coefficient (Wildman–Crippen LogP) is 1.26. The second kappa shape index (κ2) is 3.26. The number of hydrogen-bond donors (Lipinski definition) is 1. The topological polar surface area (TPSA) is 38.7 Å². The molecule has 3 nitrogen and oxygen atoms in total. The number of rotatable bonds is 1. The lowest BCUT2D eigenvalue weighted by molar-refractivity contribution is 0.165. The van der Waals surface area contributed by atoms with Gasteiger partial charge in [0, 0.05) is 5.56 Å². The van der Waals surface area contributed by atoms with Crippen LogP contribution in [0.4, 0.5) is 0 Å². The van der Waals surface area contributed by atoms with Crippen molar-refractivity contribution in [3.05, 3.63) is 23.3 Å². The molecule has 0 bridgehead atoms. The van der Waals surface area contributed by atoms with Gasteiger partial charge in [0.1, 0.15) is 13.2 Å². The molecule has 1 N–H and O–H groups in total. The minimum absolute atomic E-state index is 0.00162. The quantitative estimate of drug-likeness (QED) is 0.707. The van der Waals surface area contributed by atoms with E-state index in [0.717, 1.165) is 16.9 Å². The van der Waals surface area contributed by atoms with E-state index in [2.05, 4.69) is 0 Å². The highest BCUT2D eigenvalue weighted by molar-refractivity contribution is 5.50. The van der Waals surface area contributed by atoms with Gasteiger partial charge < -0.3 is 14.6 Å². The second-order valence-corrected chi connectivity index (χ2v) is 3.04. The van der Waals surface area contributed by atoms with Gasteiger partial charge in [0.25, 0.3) is 0 Å². The summed E-state index contributed by atoms with van der Waals surface area (Å²) in [6.45, 7) is 3.09. The summed E-state index contributed by atoms with van der Waals surface area (Å²) in [4.78, 5) is 0. The molecule has 13 heavy (non-hydrogen) atoms. The Kier molecular flexibility index (Phi) is 2.10. The number of aryl methyl sites for hydroxylation is 1. The number of aliphatic hydroxyl groups is 1. The van der Waals surface area contributed by atoms with Crippen molar-refractivity contribution in [2.45, 2.75) is 13.5 Å². The fourth-order valence-electron chi connectivity index (χ4n) is 1.47. The largest absolute Gasteiger partial charge is 0.486 e. The van der Waals surface area contributed by atoms with Gasteiger partial charge in [-0.2, -0.15) is 0 Å². The summed E-state index contributed by atoms with van der Waals surface area (Å²) in [5.74, 6) is 1.44. The third-order valence-corrected chi connectivity index (χ3v) is 2.20. The maximum absolute atomic E-state index is 9.14. The lowest BCUT2D eigenvalue weighted by atomic mass is 10.1. The van der Waals surface area contributed by atoms with Crippen molar-refractivity contribution in [1.29, 1.82) is 0 Å². The van der Waals surface area contributed by atoms with Crippen molar-refractivity contribution in [3.63, 3.8) is 0 Å². The molecule has 1 aromatic carbocycles. The van der Waals surface area contributed by atoms with Crippen LogP contribution in [0.1, 0.15) is 11.1 Å². The predicted molar refractivity (Wildman–Crippen MR) is 48.1 cm³/mol. The molecule has 0 fully saturated rings. The van der Waals surface area contributed by atoms with Gasteiger partial charge in [0.2, 0.25) is 0 Å². The first-order valence-electron chi connectivity index (χ1n) is 4.32. The Labute approximate surface area is 76.9 Å². The van der Waals surface area contributed by atoms with Crippen LogP contribution in [0, 0.1) is 6.92 Å². The van der Waals surface area contributed by atoms with Crippen LogP contribution in [0.15, 0.2) is 12.1 Å². The molecular formula is C10H12O3. The normalized spacial score (nSPS) is 14.3. The molecule has 0 aliphatic carbocycles. The highest BCUT2D eigenvalue weighted by atomic mass is 16.6. The zero-order valence-corrected chi connectivity index (χ0v) is 7.54. The van der Waals surface area contributed by atoms with Crippen molar-refractivity contribution < 1.29 is 14.6 Å². The Morgan fingerprint density at radius 2 is 2.08 bits per heavy atom. The van der Waals surface area contributed by atoms with E-state index in [0.29, 0.717) is 19.0 Å². The van der Waals surface area contributed by atoms with Crippen molar-refractivity contribution in [3.8, 4) is 11.5 Å². The summed E-state index contributed by atoms with van der Waals surface area (Å²) in [5, 5.41) is 9.14. The molecule has 0 amide bonds. The first-order chi connectivity index (χ1) is 6.33. The Morgan fingerprint density at radius 3 is 2.85 bits per heavy atom. The molecule has 1 heterocycles. The average molecular weight is 180 g/mol. The fraction of sp³-hybridized carbons (Fsp3) is 0.400. The van der Waals surface area contributed by atoms with Gasteiger partial charge in [-0.3, -0.25) is 0 Å². The summed E-state index contributed by atoms with van der Waals surface area (Å²) >= 11 is 0. The molecule has 1 aliphatic heterocycles. The number of fused-ring (bicyclic) bond motifs is 1. The molecule has 0 saturated heterocycles. The molecule has 0 unspecified atom stereocenters. The van der Waals surface area contributed by atoms with Crippen LogP contribution in [-0.4, -0.2) is 18.3 Å². The van der Waals surface area contributed by atoms with Crippen LogP contribution in [-0.2, 0) is 6.61 Å². The number of aliphatic hydroxyl groups excluding tert-OH is 1. The Balaban J connectivity index is 2.52. The van der Waals surface area contributed by atoms with Crippen LogP contribution < -0.4 is 9.47 Å². The molecule has 2 rings (SSSR count). The molecule has 0 spiro atoms. The van der Waals surface area contributed by atoms with E-state index in [4.69, 9.17) is 14.6 Å². The van der Waals surface area contributed by atoms with E-state index in [1.54, 1.807) is 0 Å². The molecule has 70 valence electrons. The zero-order chi connectivity index (χ0) is 9.26. The Morgan fingerprint density at radius 1 is 1.31 bits per heavy atom. The van der Waals surface area contributed by atoms with E-state index in [1.807, 2.05) is 19.1 Å². The van der Waals surface area contributed by atoms with Gasteiger partial charge >= 0.3 is 0 Å². The molecule has 0 atom stereocenters. The zero-order valence-electron chi connectivity index (χ0n) is 7.54.